The van der Waals surface area contributed by atoms with E-state index in [1.807, 2.05) is 23.9 Å². The zero-order valence-corrected chi connectivity index (χ0v) is 13.5. The number of nitrogens with zero attached hydrogens (tertiary/aromatic N) is 2. The lowest BCUT2D eigenvalue weighted by Gasteiger charge is -2.17. The van der Waals surface area contributed by atoms with Crippen LogP contribution in [0.25, 0.3) is 11.0 Å². The van der Waals surface area contributed by atoms with E-state index in [1.54, 1.807) is 0 Å². The first-order chi connectivity index (χ1) is 9.19. The first-order valence-corrected chi connectivity index (χ1v) is 8.54. The monoisotopic (exact) mass is 316 g/mol. The average molecular weight is 317 g/mol. The number of rotatable bonds is 6. The molecule has 2 nitrogen and oxygen atoms in total. The lowest BCUT2D eigenvalue weighted by atomic mass is 10.3. The van der Waals surface area contributed by atoms with Crippen LogP contribution in [0.2, 0.25) is 5.02 Å². The van der Waals surface area contributed by atoms with E-state index in [9.17, 15) is 0 Å². The van der Waals surface area contributed by atoms with Gasteiger partial charge in [-0.2, -0.15) is 11.8 Å². The third-order valence-electron chi connectivity index (χ3n) is 3.07. The van der Waals surface area contributed by atoms with E-state index in [-0.39, 0.29) is 0 Å². The molecule has 1 aromatic carbocycles. The van der Waals surface area contributed by atoms with Crippen molar-refractivity contribution in [3.05, 3.63) is 29.0 Å². The maximum absolute atomic E-state index is 6.24. The molecule has 0 saturated heterocycles. The van der Waals surface area contributed by atoms with Gasteiger partial charge in [-0.05, 0) is 24.8 Å². The normalized spacial score (nSPS) is 13.1. The molecule has 2 aromatic rings. The summed E-state index contributed by atoms with van der Waals surface area (Å²) < 4.78 is 2.28. The fourth-order valence-electron chi connectivity index (χ4n) is 2.25. The summed E-state index contributed by atoms with van der Waals surface area (Å²) >= 11 is 14.1. The summed E-state index contributed by atoms with van der Waals surface area (Å²) in [5.41, 5.74) is 1.99. The van der Waals surface area contributed by atoms with Gasteiger partial charge in [0.2, 0.25) is 0 Å². The van der Waals surface area contributed by atoms with Crippen molar-refractivity contribution in [1.29, 1.82) is 0 Å². The van der Waals surface area contributed by atoms with Crippen LogP contribution in [0.5, 0.6) is 0 Å². The standard InChI is InChI=1S/C14H18Cl2N2S/c1-3-19-9-10(2)18-12-6-4-5-11(16)14(12)17-13(18)7-8-15/h4-6,10H,3,7-9H2,1-2H3. The molecule has 0 N–H and O–H groups in total. The number of aryl methyl sites for hydroxylation is 1. The molecular weight excluding hydrogens is 299 g/mol. The first-order valence-electron chi connectivity index (χ1n) is 6.48. The van der Waals surface area contributed by atoms with Gasteiger partial charge in [0.25, 0.3) is 0 Å². The highest BCUT2D eigenvalue weighted by atomic mass is 35.5. The number of aromatic nitrogens is 2. The minimum atomic E-state index is 0.395. The Bertz CT molecular complexity index is 554. The Morgan fingerprint density at radius 3 is 2.89 bits per heavy atom. The van der Waals surface area contributed by atoms with Gasteiger partial charge in [0, 0.05) is 24.1 Å². The molecule has 0 radical (unpaired) electrons. The van der Waals surface area contributed by atoms with Crippen molar-refractivity contribution in [3.8, 4) is 0 Å². The SMILES string of the molecule is CCSCC(C)n1c(CCCl)nc2c(Cl)cccc21. The van der Waals surface area contributed by atoms with Crippen LogP contribution in [-0.2, 0) is 6.42 Å². The molecule has 0 spiro atoms. The molecular formula is C14H18Cl2N2S. The number of halogens is 2. The van der Waals surface area contributed by atoms with Crippen LogP contribution in [0.15, 0.2) is 18.2 Å². The van der Waals surface area contributed by atoms with Gasteiger partial charge in [-0.15, -0.1) is 11.6 Å². The predicted octanol–water partition coefficient (Wildman–Crippen LogP) is 4.79. The summed E-state index contributed by atoms with van der Waals surface area (Å²) in [5, 5.41) is 0.711. The smallest absolute Gasteiger partial charge is 0.111 e. The molecule has 0 aliphatic carbocycles. The molecule has 2 rings (SSSR count). The van der Waals surface area contributed by atoms with Gasteiger partial charge >= 0.3 is 0 Å². The van der Waals surface area contributed by atoms with E-state index in [2.05, 4.69) is 29.5 Å². The topological polar surface area (TPSA) is 17.8 Å². The second-order valence-corrected chi connectivity index (χ2v) is 6.56. The van der Waals surface area contributed by atoms with Crippen LogP contribution in [-0.4, -0.2) is 26.9 Å². The van der Waals surface area contributed by atoms with E-state index in [0.717, 1.165) is 34.8 Å². The fraction of sp³-hybridized carbons (Fsp3) is 0.500. The zero-order chi connectivity index (χ0) is 13.8. The number of fused-ring (bicyclic) bond motifs is 1. The van der Waals surface area contributed by atoms with E-state index in [1.165, 1.54) is 0 Å². The summed E-state index contributed by atoms with van der Waals surface area (Å²) in [4.78, 5) is 4.67. The Morgan fingerprint density at radius 2 is 2.21 bits per heavy atom. The summed E-state index contributed by atoms with van der Waals surface area (Å²) in [5.74, 6) is 3.81. The number of benzene rings is 1. The van der Waals surface area contributed by atoms with Crippen LogP contribution >= 0.6 is 35.0 Å². The van der Waals surface area contributed by atoms with Crippen LogP contribution in [0.3, 0.4) is 0 Å². The van der Waals surface area contributed by atoms with Crippen LogP contribution in [0.1, 0.15) is 25.7 Å². The highest BCUT2D eigenvalue weighted by molar-refractivity contribution is 7.99. The molecule has 0 bridgehead atoms. The van der Waals surface area contributed by atoms with Gasteiger partial charge in [0.15, 0.2) is 0 Å². The van der Waals surface area contributed by atoms with Crippen molar-refractivity contribution >= 4 is 46.0 Å². The van der Waals surface area contributed by atoms with Gasteiger partial charge < -0.3 is 4.57 Å². The number of thioether (sulfide) groups is 1. The molecule has 0 saturated carbocycles. The van der Waals surface area contributed by atoms with Crippen molar-refractivity contribution in [3.63, 3.8) is 0 Å². The molecule has 0 aliphatic rings. The highest BCUT2D eigenvalue weighted by Crippen LogP contribution is 2.28. The summed E-state index contributed by atoms with van der Waals surface area (Å²) in [6.07, 6.45) is 0.772. The average Bonchev–Trinajstić information content (AvgIpc) is 2.76. The summed E-state index contributed by atoms with van der Waals surface area (Å²) in [7, 11) is 0. The minimum absolute atomic E-state index is 0.395. The first kappa shape index (κ1) is 15.0. The second kappa shape index (κ2) is 6.87. The van der Waals surface area contributed by atoms with Crippen molar-refractivity contribution in [2.75, 3.05) is 17.4 Å². The third-order valence-corrected chi connectivity index (χ3v) is 4.69. The highest BCUT2D eigenvalue weighted by Gasteiger charge is 2.16. The predicted molar refractivity (Wildman–Crippen MR) is 86.9 cm³/mol. The number of para-hydroxylation sites is 1. The second-order valence-electron chi connectivity index (χ2n) is 4.45. The van der Waals surface area contributed by atoms with Gasteiger partial charge in [-0.1, -0.05) is 24.6 Å². The van der Waals surface area contributed by atoms with Gasteiger partial charge in [-0.3, -0.25) is 0 Å². The molecule has 1 atom stereocenters. The van der Waals surface area contributed by atoms with Crippen molar-refractivity contribution < 1.29 is 0 Å². The Kier molecular flexibility index (Phi) is 5.43. The van der Waals surface area contributed by atoms with E-state index in [0.29, 0.717) is 16.9 Å². The van der Waals surface area contributed by atoms with Crippen LogP contribution < -0.4 is 0 Å². The van der Waals surface area contributed by atoms with Crippen LogP contribution in [0, 0.1) is 0 Å². The summed E-state index contributed by atoms with van der Waals surface area (Å²) in [6.45, 7) is 4.41. The number of imidazole rings is 1. The molecule has 1 heterocycles. The van der Waals surface area contributed by atoms with Crippen LogP contribution in [0.4, 0.5) is 0 Å². The fourth-order valence-corrected chi connectivity index (χ4v) is 3.35. The van der Waals surface area contributed by atoms with Gasteiger partial charge in [-0.25, -0.2) is 4.98 Å². The lowest BCUT2D eigenvalue weighted by molar-refractivity contribution is 0.597. The van der Waals surface area contributed by atoms with E-state index < -0.39 is 0 Å². The molecule has 0 aliphatic heterocycles. The largest absolute Gasteiger partial charge is 0.324 e. The number of hydrogen-bond donors (Lipinski definition) is 0. The zero-order valence-electron chi connectivity index (χ0n) is 11.2. The molecule has 1 unspecified atom stereocenters. The van der Waals surface area contributed by atoms with Gasteiger partial charge in [0.05, 0.1) is 10.5 Å². The molecule has 5 heteroatoms. The quantitative estimate of drug-likeness (QED) is 0.713. The Hall–Kier alpha value is -0.380. The molecule has 0 fully saturated rings. The summed E-state index contributed by atoms with van der Waals surface area (Å²) in [6, 6.07) is 6.34. The number of hydrogen-bond acceptors (Lipinski definition) is 2. The Labute approximate surface area is 128 Å². The minimum Gasteiger partial charge on any atom is -0.324 e. The lowest BCUT2D eigenvalue weighted by Crippen LogP contribution is -2.12. The molecule has 1 aromatic heterocycles. The van der Waals surface area contributed by atoms with Crippen molar-refractivity contribution in [2.24, 2.45) is 0 Å². The van der Waals surface area contributed by atoms with E-state index in [4.69, 9.17) is 23.2 Å². The van der Waals surface area contributed by atoms with Crippen molar-refractivity contribution in [2.45, 2.75) is 26.3 Å². The maximum Gasteiger partial charge on any atom is 0.111 e. The molecule has 104 valence electrons. The van der Waals surface area contributed by atoms with Crippen molar-refractivity contribution in [1.82, 2.24) is 9.55 Å². The molecule has 19 heavy (non-hydrogen) atoms. The number of alkyl halides is 1. The Balaban J connectivity index is 2.48. The molecule has 0 amide bonds. The Morgan fingerprint density at radius 1 is 1.42 bits per heavy atom. The van der Waals surface area contributed by atoms with Gasteiger partial charge in [0.1, 0.15) is 11.3 Å². The third kappa shape index (κ3) is 3.21. The van der Waals surface area contributed by atoms with E-state index >= 15 is 0 Å². The maximum atomic E-state index is 6.24.